The minimum Gasteiger partial charge on any atom is -0.396 e. The average molecular weight is 523 g/mol. The summed E-state index contributed by atoms with van der Waals surface area (Å²) in [6.45, 7) is 8.50. The van der Waals surface area contributed by atoms with E-state index in [4.69, 9.17) is 9.29 Å². The maximum absolute atomic E-state index is 11.1. The molecule has 0 saturated heterocycles. The van der Waals surface area contributed by atoms with Crippen LogP contribution in [0.1, 0.15) is 156 Å². The SMILES string of the molecule is CCCCCCCCCCC(C)(CCO)OC(C)(CCCCCCCCCC)CCOS(=O)(=O)O. The van der Waals surface area contributed by atoms with Crippen molar-refractivity contribution in [2.75, 3.05) is 13.2 Å². The highest BCUT2D eigenvalue weighted by atomic mass is 32.3. The van der Waals surface area contributed by atoms with Gasteiger partial charge in [0.05, 0.1) is 17.8 Å². The molecule has 7 heteroatoms. The molecule has 0 saturated carbocycles. The highest BCUT2D eigenvalue weighted by Crippen LogP contribution is 2.34. The van der Waals surface area contributed by atoms with Gasteiger partial charge >= 0.3 is 10.4 Å². The lowest BCUT2D eigenvalue weighted by Gasteiger charge is -2.41. The highest BCUT2D eigenvalue weighted by Gasteiger charge is 2.35. The summed E-state index contributed by atoms with van der Waals surface area (Å²) in [7, 11) is -4.47. The van der Waals surface area contributed by atoms with Crippen molar-refractivity contribution in [3.8, 4) is 0 Å². The van der Waals surface area contributed by atoms with Crippen LogP contribution in [-0.2, 0) is 19.3 Å². The van der Waals surface area contributed by atoms with Crippen LogP contribution in [0.3, 0.4) is 0 Å². The van der Waals surface area contributed by atoms with Crippen LogP contribution in [0.15, 0.2) is 0 Å². The molecule has 212 valence electrons. The zero-order valence-corrected chi connectivity index (χ0v) is 24.3. The average Bonchev–Trinajstić information content (AvgIpc) is 2.76. The molecule has 0 aliphatic carbocycles. The normalized spacial score (nSPS) is 15.7. The molecule has 0 aromatic carbocycles. The number of aliphatic hydroxyl groups is 1. The molecule has 0 amide bonds. The van der Waals surface area contributed by atoms with Crippen LogP contribution in [0, 0.1) is 0 Å². The highest BCUT2D eigenvalue weighted by molar-refractivity contribution is 7.80. The third kappa shape index (κ3) is 21.6. The summed E-state index contributed by atoms with van der Waals surface area (Å²) < 4.78 is 42.4. The molecule has 6 nitrogen and oxygen atoms in total. The number of rotatable bonds is 26. The summed E-state index contributed by atoms with van der Waals surface area (Å²) >= 11 is 0. The van der Waals surface area contributed by atoms with E-state index in [0.717, 1.165) is 38.5 Å². The summed E-state index contributed by atoms with van der Waals surface area (Å²) in [4.78, 5) is 0. The largest absolute Gasteiger partial charge is 0.397 e. The Balaban J connectivity index is 4.78. The number of ether oxygens (including phenoxy) is 1. The zero-order valence-electron chi connectivity index (χ0n) is 23.5. The van der Waals surface area contributed by atoms with E-state index in [1.165, 1.54) is 77.0 Å². The molecular formula is C28H58O6S. The smallest absolute Gasteiger partial charge is 0.396 e. The first-order valence-corrected chi connectivity index (χ1v) is 15.9. The van der Waals surface area contributed by atoms with E-state index >= 15 is 0 Å². The Labute approximate surface area is 217 Å². The summed E-state index contributed by atoms with van der Waals surface area (Å²) in [6, 6.07) is 0. The quantitative estimate of drug-likeness (QED) is 0.0879. The minimum absolute atomic E-state index is 0.0584. The summed E-state index contributed by atoms with van der Waals surface area (Å²) in [6.07, 6.45) is 22.3. The summed E-state index contributed by atoms with van der Waals surface area (Å²) in [5.74, 6) is 0. The third-order valence-electron chi connectivity index (χ3n) is 7.11. The van der Waals surface area contributed by atoms with Crippen LogP contribution in [0.5, 0.6) is 0 Å². The Morgan fingerprint density at radius 1 is 0.600 bits per heavy atom. The van der Waals surface area contributed by atoms with Crippen molar-refractivity contribution in [3.05, 3.63) is 0 Å². The molecule has 0 aromatic rings. The molecular weight excluding hydrogens is 464 g/mol. The Morgan fingerprint density at radius 2 is 0.971 bits per heavy atom. The fourth-order valence-electron chi connectivity index (χ4n) is 4.91. The van der Waals surface area contributed by atoms with Gasteiger partial charge in [-0.05, 0) is 33.1 Å². The Morgan fingerprint density at radius 3 is 1.34 bits per heavy atom. The van der Waals surface area contributed by atoms with Gasteiger partial charge in [-0.2, -0.15) is 8.42 Å². The van der Waals surface area contributed by atoms with Gasteiger partial charge in [0.25, 0.3) is 0 Å². The van der Waals surface area contributed by atoms with Crippen molar-refractivity contribution < 1.29 is 27.0 Å². The molecule has 35 heavy (non-hydrogen) atoms. The lowest BCUT2D eigenvalue weighted by molar-refractivity contribution is -0.161. The topological polar surface area (TPSA) is 93.1 Å². The van der Waals surface area contributed by atoms with Gasteiger partial charge in [0.1, 0.15) is 0 Å². The number of aliphatic hydroxyl groups excluding tert-OH is 1. The van der Waals surface area contributed by atoms with E-state index < -0.39 is 21.6 Å². The molecule has 0 spiro atoms. The number of hydrogen-bond acceptors (Lipinski definition) is 5. The first kappa shape index (κ1) is 34.8. The maximum Gasteiger partial charge on any atom is 0.397 e. The summed E-state index contributed by atoms with van der Waals surface area (Å²) in [5.41, 5.74) is -1.04. The van der Waals surface area contributed by atoms with Gasteiger partial charge in [-0.15, -0.1) is 0 Å². The lowest BCUT2D eigenvalue weighted by atomic mass is 9.89. The monoisotopic (exact) mass is 522 g/mol. The van der Waals surface area contributed by atoms with Crippen molar-refractivity contribution in [1.29, 1.82) is 0 Å². The first-order chi connectivity index (χ1) is 16.6. The number of hydrogen-bond donors (Lipinski definition) is 2. The lowest BCUT2D eigenvalue weighted by Crippen LogP contribution is -2.42. The summed E-state index contributed by atoms with van der Waals surface area (Å²) in [5, 5.41) is 9.72. The van der Waals surface area contributed by atoms with E-state index in [1.807, 2.05) is 6.92 Å². The fraction of sp³-hybridized carbons (Fsp3) is 1.00. The van der Waals surface area contributed by atoms with E-state index in [2.05, 4.69) is 25.0 Å². The first-order valence-electron chi connectivity index (χ1n) is 14.5. The second-order valence-electron chi connectivity index (χ2n) is 10.9. The van der Waals surface area contributed by atoms with Gasteiger partial charge in [0, 0.05) is 13.0 Å². The predicted octanol–water partition coefficient (Wildman–Crippen LogP) is 8.17. The van der Waals surface area contributed by atoms with Crippen molar-refractivity contribution in [2.24, 2.45) is 0 Å². The molecule has 0 rings (SSSR count). The van der Waals surface area contributed by atoms with Crippen LogP contribution in [-0.4, -0.2) is 42.5 Å². The van der Waals surface area contributed by atoms with Crippen molar-refractivity contribution in [3.63, 3.8) is 0 Å². The minimum atomic E-state index is -4.47. The van der Waals surface area contributed by atoms with E-state index in [0.29, 0.717) is 12.8 Å². The van der Waals surface area contributed by atoms with Gasteiger partial charge in [-0.3, -0.25) is 4.55 Å². The van der Waals surface area contributed by atoms with Crippen LogP contribution in [0.2, 0.25) is 0 Å². The standard InChI is InChI=1S/C28H58O6S/c1-5-7-9-11-13-15-17-19-21-27(3,23-25-29)34-28(4,24-26-33-35(30,31)32)22-20-18-16-14-12-10-8-6-2/h29H,5-26H2,1-4H3,(H,30,31,32). The Hall–Kier alpha value is -0.210. The van der Waals surface area contributed by atoms with Crippen LogP contribution in [0.25, 0.3) is 0 Å². The maximum atomic E-state index is 11.1. The zero-order chi connectivity index (χ0) is 26.5. The van der Waals surface area contributed by atoms with Crippen LogP contribution in [0.4, 0.5) is 0 Å². The van der Waals surface area contributed by atoms with Crippen LogP contribution >= 0.6 is 0 Å². The van der Waals surface area contributed by atoms with Gasteiger partial charge in [-0.1, -0.05) is 117 Å². The fourth-order valence-corrected chi connectivity index (χ4v) is 5.21. The Kier molecular flexibility index (Phi) is 20.7. The molecule has 2 unspecified atom stereocenters. The van der Waals surface area contributed by atoms with Crippen LogP contribution < -0.4 is 0 Å². The predicted molar refractivity (Wildman–Crippen MR) is 146 cm³/mol. The molecule has 0 aliphatic heterocycles. The van der Waals surface area contributed by atoms with Gasteiger partial charge in [-0.25, -0.2) is 4.18 Å². The van der Waals surface area contributed by atoms with E-state index in [-0.39, 0.29) is 13.2 Å². The molecule has 0 radical (unpaired) electrons. The molecule has 2 atom stereocenters. The molecule has 0 fully saturated rings. The second-order valence-corrected chi connectivity index (χ2v) is 12.0. The molecule has 0 aromatic heterocycles. The molecule has 0 aliphatic rings. The second kappa shape index (κ2) is 20.8. The van der Waals surface area contributed by atoms with Gasteiger partial charge < -0.3 is 9.84 Å². The Bertz CT molecular complexity index is 582. The van der Waals surface area contributed by atoms with Gasteiger partial charge in [0.15, 0.2) is 0 Å². The molecule has 2 N–H and O–H groups in total. The van der Waals surface area contributed by atoms with Crippen molar-refractivity contribution in [1.82, 2.24) is 0 Å². The number of unbranched alkanes of at least 4 members (excludes halogenated alkanes) is 14. The third-order valence-corrected chi connectivity index (χ3v) is 7.58. The van der Waals surface area contributed by atoms with Crippen molar-refractivity contribution >= 4 is 10.4 Å². The van der Waals surface area contributed by atoms with Crippen molar-refractivity contribution in [2.45, 2.75) is 167 Å². The molecule has 0 bridgehead atoms. The van der Waals surface area contributed by atoms with Gasteiger partial charge in [0.2, 0.25) is 0 Å². The molecule has 0 heterocycles. The van der Waals surface area contributed by atoms with E-state index in [1.54, 1.807) is 0 Å². The van der Waals surface area contributed by atoms with E-state index in [9.17, 15) is 13.5 Å².